The molecule has 12 nitrogen and oxygen atoms in total. The van der Waals surface area contributed by atoms with Gasteiger partial charge in [-0.25, -0.2) is 14.6 Å². The van der Waals surface area contributed by atoms with Crippen LogP contribution >= 0.6 is 0 Å². The summed E-state index contributed by atoms with van der Waals surface area (Å²) in [6.07, 6.45) is -2.60. The van der Waals surface area contributed by atoms with Crippen molar-refractivity contribution in [3.63, 3.8) is 0 Å². The smallest absolute Gasteiger partial charge is 0.410 e. The number of hydrogen-bond acceptors (Lipinski definition) is 9. The van der Waals surface area contributed by atoms with E-state index >= 15 is 0 Å². The van der Waals surface area contributed by atoms with Crippen molar-refractivity contribution in [1.29, 1.82) is 0 Å². The summed E-state index contributed by atoms with van der Waals surface area (Å²) in [4.78, 5) is 59.1. The number of ether oxygens (including phenoxy) is 4. The lowest BCUT2D eigenvalue weighted by Crippen LogP contribution is -2.52. The predicted molar refractivity (Wildman–Crippen MR) is 245 cm³/mol. The minimum Gasteiger partial charge on any atom is -0.460 e. The molecule has 4 atom stereocenters. The van der Waals surface area contributed by atoms with Gasteiger partial charge in [-0.15, -0.1) is 0 Å². The first-order chi connectivity index (χ1) is 31.8. The van der Waals surface area contributed by atoms with Crippen molar-refractivity contribution in [2.45, 2.75) is 63.5 Å². The van der Waals surface area contributed by atoms with Crippen LogP contribution in [-0.2, 0) is 54.9 Å². The van der Waals surface area contributed by atoms with Gasteiger partial charge in [0.25, 0.3) is 0 Å². The van der Waals surface area contributed by atoms with Crippen molar-refractivity contribution < 1.29 is 38.1 Å². The average Bonchev–Trinajstić information content (AvgIpc) is 3.34. The monoisotopic (exact) mass is 874 g/mol. The first-order valence-electron chi connectivity index (χ1n) is 21.7. The molecule has 0 radical (unpaired) electrons. The summed E-state index contributed by atoms with van der Waals surface area (Å²) in [5.41, 5.74) is 7.79. The van der Waals surface area contributed by atoms with E-state index in [1.54, 1.807) is 16.8 Å². The van der Waals surface area contributed by atoms with Crippen molar-refractivity contribution in [3.05, 3.63) is 215 Å². The molecule has 0 aliphatic carbocycles. The van der Waals surface area contributed by atoms with Gasteiger partial charge in [-0.1, -0.05) is 182 Å². The largest absolute Gasteiger partial charge is 0.460 e. The second kappa shape index (κ2) is 23.4. The molecule has 12 heteroatoms. The fraction of sp³-hybridized carbons (Fsp3) is 0.245. The Balaban J connectivity index is 1.19. The Morgan fingerprint density at radius 1 is 0.615 bits per heavy atom. The SMILES string of the molecule is CN(CC(=O)OCc1ccccc1)NC(=O)C[C@@H](C[C@@H]1CN(C(=O)OCc2ccccc2)[C@H](c2ccccc2)[C@H](c2ccccc2)O1)N(Cc1ccccc1)C(=O)OCc1ccccc1. The van der Waals surface area contributed by atoms with Crippen LogP contribution < -0.4 is 5.43 Å². The molecule has 65 heavy (non-hydrogen) atoms. The number of nitrogens with zero attached hydrogens (tertiary/aromatic N) is 3. The van der Waals surface area contributed by atoms with Crippen LogP contribution in [0.3, 0.4) is 0 Å². The van der Waals surface area contributed by atoms with E-state index in [1.807, 2.05) is 182 Å². The molecule has 0 saturated carbocycles. The van der Waals surface area contributed by atoms with Crippen molar-refractivity contribution >= 4 is 24.1 Å². The minimum absolute atomic E-state index is 0.00745. The number of benzene rings is 6. The predicted octanol–water partition coefficient (Wildman–Crippen LogP) is 9.20. The molecule has 6 aromatic carbocycles. The van der Waals surface area contributed by atoms with E-state index in [0.717, 1.165) is 33.4 Å². The maximum atomic E-state index is 14.4. The molecule has 0 unspecified atom stereocenters. The normalized spacial score (nSPS) is 16.2. The number of carbonyl (C=O) groups is 4. The van der Waals surface area contributed by atoms with Gasteiger partial charge in [0.15, 0.2) is 0 Å². The Morgan fingerprint density at radius 3 is 1.62 bits per heavy atom. The quantitative estimate of drug-likeness (QED) is 0.0511. The summed E-state index contributed by atoms with van der Waals surface area (Å²) in [5, 5.41) is 1.36. The highest BCUT2D eigenvalue weighted by molar-refractivity contribution is 5.78. The van der Waals surface area contributed by atoms with Gasteiger partial charge in [0, 0.05) is 26.1 Å². The van der Waals surface area contributed by atoms with Crippen LogP contribution in [-0.4, -0.2) is 71.2 Å². The molecule has 3 amide bonds. The van der Waals surface area contributed by atoms with Gasteiger partial charge in [0.1, 0.15) is 32.5 Å². The lowest BCUT2D eigenvalue weighted by atomic mass is 9.91. The zero-order chi connectivity index (χ0) is 45.2. The summed E-state index contributed by atoms with van der Waals surface area (Å²) in [6.45, 7) is 0.136. The number of likely N-dealkylation sites (N-methyl/N-ethyl adjacent to an activating group) is 1. The van der Waals surface area contributed by atoms with Crippen molar-refractivity contribution in [2.75, 3.05) is 20.1 Å². The third-order valence-corrected chi connectivity index (χ3v) is 11.0. The van der Waals surface area contributed by atoms with Crippen LogP contribution in [0.1, 0.15) is 58.4 Å². The van der Waals surface area contributed by atoms with E-state index in [0.29, 0.717) is 0 Å². The number of esters is 1. The molecule has 6 aromatic rings. The molecule has 0 spiro atoms. The Labute approximate surface area is 380 Å². The number of amides is 3. The van der Waals surface area contributed by atoms with Crippen LogP contribution in [0.4, 0.5) is 9.59 Å². The van der Waals surface area contributed by atoms with Crippen LogP contribution in [0.2, 0.25) is 0 Å². The van der Waals surface area contributed by atoms with Gasteiger partial charge in [0.2, 0.25) is 5.91 Å². The number of rotatable bonds is 18. The number of hydrazine groups is 1. The summed E-state index contributed by atoms with van der Waals surface area (Å²) < 4.78 is 24.5. The van der Waals surface area contributed by atoms with Gasteiger partial charge < -0.3 is 23.8 Å². The maximum Gasteiger partial charge on any atom is 0.410 e. The highest BCUT2D eigenvalue weighted by Gasteiger charge is 2.44. The second-order valence-electron chi connectivity index (χ2n) is 15.9. The van der Waals surface area contributed by atoms with Gasteiger partial charge in [-0.3, -0.25) is 19.9 Å². The van der Waals surface area contributed by atoms with Crippen LogP contribution in [0.25, 0.3) is 0 Å². The molecule has 1 N–H and O–H groups in total. The molecule has 1 fully saturated rings. The molecular weight excluding hydrogens is 821 g/mol. The molecule has 7 rings (SSSR count). The Hall–Kier alpha value is -7.28. The summed E-state index contributed by atoms with van der Waals surface area (Å²) in [7, 11) is 1.57. The number of carbonyl (C=O) groups excluding carboxylic acids is 4. The second-order valence-corrected chi connectivity index (χ2v) is 15.9. The molecule has 0 bridgehead atoms. The van der Waals surface area contributed by atoms with Crippen LogP contribution in [0.15, 0.2) is 182 Å². The number of hydrogen-bond donors (Lipinski definition) is 1. The van der Waals surface area contributed by atoms with Crippen LogP contribution in [0.5, 0.6) is 0 Å². The number of nitrogens with one attached hydrogen (secondary N) is 1. The third-order valence-electron chi connectivity index (χ3n) is 11.0. The molecule has 334 valence electrons. The lowest BCUT2D eigenvalue weighted by molar-refractivity contribution is -0.147. The zero-order valence-corrected chi connectivity index (χ0v) is 36.4. The van der Waals surface area contributed by atoms with Gasteiger partial charge in [0.05, 0.1) is 18.7 Å². The first kappa shape index (κ1) is 45.7. The van der Waals surface area contributed by atoms with Crippen molar-refractivity contribution in [1.82, 2.24) is 20.2 Å². The summed E-state index contributed by atoms with van der Waals surface area (Å²) in [6, 6.07) is 55.6. The topological polar surface area (TPSA) is 127 Å². The van der Waals surface area contributed by atoms with Crippen molar-refractivity contribution in [3.8, 4) is 0 Å². The molecule has 1 heterocycles. The standard InChI is InChI=1S/C53H54N4O8/c1-55(36-49(59)62-37-41-22-10-3-11-23-41)54-48(58)33-46(56(34-40-20-8-2-9-21-40)52(60)63-38-42-24-12-4-13-25-42)32-47-35-57(53(61)64-39-43-26-14-5-15-27-43)50(44-28-16-6-17-29-44)51(65-47)45-30-18-7-19-31-45/h2-31,46-47,50-51H,32-39H2,1H3,(H,54,58)/t46-,47-,50-,51+/m1/s1. The van der Waals surface area contributed by atoms with E-state index in [-0.39, 0.29) is 52.3 Å². The fourth-order valence-corrected chi connectivity index (χ4v) is 7.89. The lowest BCUT2D eigenvalue weighted by Gasteiger charge is -2.46. The minimum atomic E-state index is -0.825. The van der Waals surface area contributed by atoms with Crippen LogP contribution in [0, 0.1) is 0 Å². The summed E-state index contributed by atoms with van der Waals surface area (Å²) >= 11 is 0. The summed E-state index contributed by atoms with van der Waals surface area (Å²) in [5.74, 6) is -0.989. The maximum absolute atomic E-state index is 14.4. The number of morpholine rings is 1. The Bertz CT molecular complexity index is 2400. The van der Waals surface area contributed by atoms with E-state index in [1.165, 1.54) is 5.01 Å². The molecule has 1 saturated heterocycles. The first-order valence-corrected chi connectivity index (χ1v) is 21.7. The third kappa shape index (κ3) is 13.6. The van der Waals surface area contributed by atoms with Gasteiger partial charge in [-0.2, -0.15) is 0 Å². The fourth-order valence-electron chi connectivity index (χ4n) is 7.89. The van der Waals surface area contributed by atoms with E-state index in [4.69, 9.17) is 18.9 Å². The zero-order valence-electron chi connectivity index (χ0n) is 36.4. The highest BCUT2D eigenvalue weighted by Crippen LogP contribution is 2.43. The van der Waals surface area contributed by atoms with Crippen molar-refractivity contribution in [2.24, 2.45) is 0 Å². The Kier molecular flexibility index (Phi) is 16.5. The van der Waals surface area contributed by atoms with Gasteiger partial charge in [-0.05, 0) is 39.8 Å². The average molecular weight is 875 g/mol. The van der Waals surface area contributed by atoms with E-state index < -0.39 is 48.4 Å². The highest BCUT2D eigenvalue weighted by atomic mass is 16.6. The molecular formula is C53H54N4O8. The molecule has 0 aromatic heterocycles. The van der Waals surface area contributed by atoms with Gasteiger partial charge >= 0.3 is 18.2 Å². The van der Waals surface area contributed by atoms with E-state index in [9.17, 15) is 19.2 Å². The molecule has 1 aliphatic rings. The molecule has 1 aliphatic heterocycles. The Morgan fingerprint density at radius 2 is 1.08 bits per heavy atom. The van der Waals surface area contributed by atoms with E-state index in [2.05, 4.69) is 5.43 Å².